The van der Waals surface area contributed by atoms with Crippen molar-refractivity contribution in [1.29, 1.82) is 5.26 Å². The summed E-state index contributed by atoms with van der Waals surface area (Å²) in [4.78, 5) is 22.2. The van der Waals surface area contributed by atoms with E-state index in [0.717, 1.165) is 0 Å². The number of aromatic nitrogens is 2. The fraction of sp³-hybridized carbons (Fsp3) is 0.333. The van der Waals surface area contributed by atoms with Crippen LogP contribution < -0.4 is 15.0 Å². The summed E-state index contributed by atoms with van der Waals surface area (Å²) in [5, 5.41) is 22.7. The molecule has 3 rings (SSSR count). The van der Waals surface area contributed by atoms with Gasteiger partial charge in [-0.1, -0.05) is 6.07 Å². The first-order chi connectivity index (χ1) is 12.6. The summed E-state index contributed by atoms with van der Waals surface area (Å²) >= 11 is 0. The minimum absolute atomic E-state index is 0.255. The Morgan fingerprint density at radius 1 is 1.38 bits per heavy atom. The second-order valence-corrected chi connectivity index (χ2v) is 5.92. The van der Waals surface area contributed by atoms with Crippen molar-refractivity contribution < 1.29 is 14.6 Å². The van der Waals surface area contributed by atoms with Gasteiger partial charge < -0.3 is 20.1 Å². The molecule has 1 aliphatic rings. The summed E-state index contributed by atoms with van der Waals surface area (Å²) in [7, 11) is 1.46. The minimum Gasteiger partial charge on any atom is -0.480 e. The van der Waals surface area contributed by atoms with E-state index in [-0.39, 0.29) is 24.4 Å². The second-order valence-electron chi connectivity index (χ2n) is 5.92. The van der Waals surface area contributed by atoms with E-state index in [1.165, 1.54) is 7.11 Å². The van der Waals surface area contributed by atoms with Crippen LogP contribution in [0.4, 0.5) is 5.69 Å². The number of aliphatic hydroxyl groups excluding tert-OH is 1. The highest BCUT2D eigenvalue weighted by molar-refractivity contribution is 5.92. The molecule has 0 aromatic carbocycles. The number of aliphatic hydroxyl groups is 1. The molecule has 0 unspecified atom stereocenters. The van der Waals surface area contributed by atoms with Crippen LogP contribution in [-0.2, 0) is 0 Å². The number of piperidine rings is 1. The average molecular weight is 353 g/mol. The Labute approximate surface area is 151 Å². The number of carbonyl (C=O) groups excluding carboxylic acids is 1. The lowest BCUT2D eigenvalue weighted by Crippen LogP contribution is -2.54. The molecule has 2 atom stereocenters. The van der Waals surface area contributed by atoms with Crippen molar-refractivity contribution in [1.82, 2.24) is 15.3 Å². The maximum absolute atomic E-state index is 12.2. The Bertz CT molecular complexity index is 821. The number of amides is 1. The molecular formula is C18H19N5O3. The van der Waals surface area contributed by atoms with Crippen LogP contribution in [0.3, 0.4) is 0 Å². The number of pyridine rings is 2. The van der Waals surface area contributed by atoms with E-state index in [1.807, 2.05) is 4.90 Å². The van der Waals surface area contributed by atoms with Gasteiger partial charge in [0.15, 0.2) is 0 Å². The summed E-state index contributed by atoms with van der Waals surface area (Å²) in [5.41, 5.74) is 1.30. The van der Waals surface area contributed by atoms with E-state index in [9.17, 15) is 15.2 Å². The van der Waals surface area contributed by atoms with Crippen LogP contribution in [0.2, 0.25) is 0 Å². The molecule has 0 bridgehead atoms. The van der Waals surface area contributed by atoms with E-state index in [0.29, 0.717) is 29.9 Å². The predicted octanol–water partition coefficient (Wildman–Crippen LogP) is 0.726. The van der Waals surface area contributed by atoms with Crippen molar-refractivity contribution in [3.8, 4) is 11.9 Å². The highest BCUT2D eigenvalue weighted by Crippen LogP contribution is 2.28. The zero-order valence-corrected chi connectivity index (χ0v) is 14.3. The standard InChI is InChI=1S/C18H19N5O3/c1-26-18-12(10-19)15(5-8-21-18)23-9-6-13(16(24)11-23)22-17(25)14-4-2-3-7-20-14/h2-5,7-8,13,16,24H,6,9,11H2,1H3,(H,22,25)/t13-,16-/m1/s1. The van der Waals surface area contributed by atoms with E-state index in [2.05, 4.69) is 21.4 Å². The van der Waals surface area contributed by atoms with Crippen molar-refractivity contribution >= 4 is 11.6 Å². The quantitative estimate of drug-likeness (QED) is 0.833. The molecule has 0 aliphatic carbocycles. The molecule has 134 valence electrons. The van der Waals surface area contributed by atoms with Gasteiger partial charge in [-0.3, -0.25) is 9.78 Å². The summed E-state index contributed by atoms with van der Waals surface area (Å²) < 4.78 is 5.13. The lowest BCUT2D eigenvalue weighted by Gasteiger charge is -2.37. The number of carbonyl (C=O) groups is 1. The summed E-state index contributed by atoms with van der Waals surface area (Å²) in [5.74, 6) is -0.0588. The van der Waals surface area contributed by atoms with Crippen LogP contribution in [-0.4, -0.2) is 53.3 Å². The predicted molar refractivity (Wildman–Crippen MR) is 93.8 cm³/mol. The molecule has 8 heteroatoms. The van der Waals surface area contributed by atoms with Crippen LogP contribution in [0.15, 0.2) is 36.7 Å². The van der Waals surface area contributed by atoms with E-state index in [4.69, 9.17) is 4.74 Å². The Kier molecular flexibility index (Phi) is 5.29. The van der Waals surface area contributed by atoms with Gasteiger partial charge >= 0.3 is 0 Å². The monoisotopic (exact) mass is 353 g/mol. The fourth-order valence-corrected chi connectivity index (χ4v) is 3.01. The second kappa shape index (κ2) is 7.80. The number of hydrogen-bond acceptors (Lipinski definition) is 7. The Morgan fingerprint density at radius 3 is 2.88 bits per heavy atom. The third-order valence-electron chi connectivity index (χ3n) is 4.34. The van der Waals surface area contributed by atoms with Gasteiger partial charge in [0.2, 0.25) is 5.88 Å². The number of nitrogens with one attached hydrogen (secondary N) is 1. The number of anilines is 1. The maximum Gasteiger partial charge on any atom is 0.270 e. The Balaban J connectivity index is 1.70. The molecule has 1 fully saturated rings. The molecule has 2 aromatic heterocycles. The number of nitrogens with zero attached hydrogens (tertiary/aromatic N) is 4. The number of methoxy groups -OCH3 is 1. The number of β-amino-alcohol motifs (C(OH)–C–C–N with tert-alkyl or cyclic N) is 1. The number of ether oxygens (including phenoxy) is 1. The van der Waals surface area contributed by atoms with E-state index >= 15 is 0 Å². The van der Waals surface area contributed by atoms with Crippen molar-refractivity contribution in [2.45, 2.75) is 18.6 Å². The molecule has 26 heavy (non-hydrogen) atoms. The highest BCUT2D eigenvalue weighted by Gasteiger charge is 2.31. The molecule has 2 aromatic rings. The first-order valence-electron chi connectivity index (χ1n) is 8.22. The van der Waals surface area contributed by atoms with Gasteiger partial charge in [-0.25, -0.2) is 4.98 Å². The topological polar surface area (TPSA) is 111 Å². The fourth-order valence-electron chi connectivity index (χ4n) is 3.01. The smallest absolute Gasteiger partial charge is 0.270 e. The summed E-state index contributed by atoms with van der Waals surface area (Å²) in [6.07, 6.45) is 2.88. The zero-order valence-electron chi connectivity index (χ0n) is 14.3. The van der Waals surface area contributed by atoms with Gasteiger partial charge in [-0.2, -0.15) is 5.26 Å². The third-order valence-corrected chi connectivity index (χ3v) is 4.34. The van der Waals surface area contributed by atoms with Crippen molar-refractivity contribution in [3.63, 3.8) is 0 Å². The maximum atomic E-state index is 12.2. The molecule has 1 saturated heterocycles. The average Bonchev–Trinajstić information content (AvgIpc) is 2.69. The molecule has 8 nitrogen and oxygen atoms in total. The van der Waals surface area contributed by atoms with Gasteiger partial charge in [0, 0.05) is 25.5 Å². The number of hydrogen-bond donors (Lipinski definition) is 2. The third kappa shape index (κ3) is 3.58. The first kappa shape index (κ1) is 17.6. The van der Waals surface area contributed by atoms with Crippen LogP contribution in [0, 0.1) is 11.3 Å². The molecule has 2 N–H and O–H groups in total. The van der Waals surface area contributed by atoms with Gasteiger partial charge in [0.1, 0.15) is 17.3 Å². The lowest BCUT2D eigenvalue weighted by atomic mass is 10.00. The molecule has 1 aliphatic heterocycles. The molecule has 0 spiro atoms. The molecule has 3 heterocycles. The van der Waals surface area contributed by atoms with Crippen molar-refractivity contribution in [2.24, 2.45) is 0 Å². The van der Waals surface area contributed by atoms with Crippen LogP contribution >= 0.6 is 0 Å². The SMILES string of the molecule is COc1nccc(N2CC[C@@H](NC(=O)c3ccccn3)[C@H](O)C2)c1C#N. The number of nitriles is 1. The van der Waals surface area contributed by atoms with Crippen LogP contribution in [0.1, 0.15) is 22.5 Å². The zero-order chi connectivity index (χ0) is 18.5. The molecule has 1 amide bonds. The van der Waals surface area contributed by atoms with E-state index in [1.54, 1.807) is 36.7 Å². The molecular weight excluding hydrogens is 334 g/mol. The summed E-state index contributed by atoms with van der Waals surface area (Å²) in [6.45, 7) is 0.862. The molecule has 0 radical (unpaired) electrons. The molecule has 0 saturated carbocycles. The number of rotatable bonds is 4. The van der Waals surface area contributed by atoms with Crippen molar-refractivity contribution in [2.75, 3.05) is 25.1 Å². The van der Waals surface area contributed by atoms with Gasteiger partial charge in [0.25, 0.3) is 5.91 Å². The van der Waals surface area contributed by atoms with Gasteiger partial charge in [-0.15, -0.1) is 0 Å². The van der Waals surface area contributed by atoms with Gasteiger partial charge in [0.05, 0.1) is 24.9 Å². The Morgan fingerprint density at radius 2 is 2.23 bits per heavy atom. The van der Waals surface area contributed by atoms with E-state index < -0.39 is 6.10 Å². The largest absolute Gasteiger partial charge is 0.480 e. The first-order valence-corrected chi connectivity index (χ1v) is 8.22. The van der Waals surface area contributed by atoms with Crippen LogP contribution in [0.5, 0.6) is 5.88 Å². The van der Waals surface area contributed by atoms with Crippen LogP contribution in [0.25, 0.3) is 0 Å². The minimum atomic E-state index is -0.776. The van der Waals surface area contributed by atoms with Crippen molar-refractivity contribution in [3.05, 3.63) is 47.9 Å². The van der Waals surface area contributed by atoms with Gasteiger partial charge in [-0.05, 0) is 24.6 Å². The lowest BCUT2D eigenvalue weighted by molar-refractivity contribution is 0.0794. The summed E-state index contributed by atoms with van der Waals surface area (Å²) in [6, 6.07) is 8.54. The normalized spacial score (nSPS) is 19.5. The highest BCUT2D eigenvalue weighted by atomic mass is 16.5. The Hall–Kier alpha value is -3.18.